The fourth-order valence-corrected chi connectivity index (χ4v) is 1.89. The summed E-state index contributed by atoms with van der Waals surface area (Å²) in [5, 5.41) is 0. The van der Waals surface area contributed by atoms with E-state index in [0.29, 0.717) is 11.4 Å². The molecule has 1 aromatic carbocycles. The van der Waals surface area contributed by atoms with Crippen molar-refractivity contribution in [1.29, 1.82) is 0 Å². The van der Waals surface area contributed by atoms with E-state index in [1.807, 2.05) is 0 Å². The number of aryl methyl sites for hydroxylation is 1. The van der Waals surface area contributed by atoms with Crippen LogP contribution in [0.1, 0.15) is 29.8 Å². The standard InChI is InChI=1S/C13H14F3N3/c1-8-3-4-10(13(14,15)16)5-11(8)19-7-18-6-12(19)9(2)17/h3-7,9H,17H2,1-2H3/t9-/m1/s1. The van der Waals surface area contributed by atoms with Crippen LogP contribution >= 0.6 is 0 Å². The van der Waals surface area contributed by atoms with E-state index in [2.05, 4.69) is 4.98 Å². The average molecular weight is 269 g/mol. The summed E-state index contributed by atoms with van der Waals surface area (Å²) in [5.41, 5.74) is 6.95. The van der Waals surface area contributed by atoms with Crippen molar-refractivity contribution < 1.29 is 13.2 Å². The average Bonchev–Trinajstić information content (AvgIpc) is 2.76. The lowest BCUT2D eigenvalue weighted by atomic mass is 10.1. The van der Waals surface area contributed by atoms with E-state index >= 15 is 0 Å². The van der Waals surface area contributed by atoms with Crippen LogP contribution in [0.2, 0.25) is 0 Å². The SMILES string of the molecule is Cc1ccc(C(F)(F)F)cc1-n1cncc1[C@@H](C)N. The van der Waals surface area contributed by atoms with Gasteiger partial charge in [-0.1, -0.05) is 6.07 Å². The van der Waals surface area contributed by atoms with Gasteiger partial charge in [0.1, 0.15) is 0 Å². The molecule has 102 valence electrons. The second-order valence-corrected chi connectivity index (χ2v) is 4.48. The molecule has 0 saturated heterocycles. The second-order valence-electron chi connectivity index (χ2n) is 4.48. The molecule has 0 radical (unpaired) electrons. The lowest BCUT2D eigenvalue weighted by Gasteiger charge is -2.15. The molecule has 1 aromatic heterocycles. The van der Waals surface area contributed by atoms with Gasteiger partial charge in [0.05, 0.1) is 29.5 Å². The molecule has 0 aliphatic heterocycles. The first-order valence-corrected chi connectivity index (χ1v) is 5.76. The Hall–Kier alpha value is -1.82. The van der Waals surface area contributed by atoms with Gasteiger partial charge >= 0.3 is 6.18 Å². The smallest absolute Gasteiger partial charge is 0.323 e. The maximum Gasteiger partial charge on any atom is 0.416 e. The third kappa shape index (κ3) is 2.63. The number of imidazole rings is 1. The van der Waals surface area contributed by atoms with Crippen LogP contribution in [0, 0.1) is 6.92 Å². The first-order valence-electron chi connectivity index (χ1n) is 5.76. The summed E-state index contributed by atoms with van der Waals surface area (Å²) in [4.78, 5) is 3.95. The van der Waals surface area contributed by atoms with Gasteiger partial charge in [-0.05, 0) is 31.5 Å². The van der Waals surface area contributed by atoms with Crippen LogP contribution in [-0.2, 0) is 6.18 Å². The lowest BCUT2D eigenvalue weighted by molar-refractivity contribution is -0.137. The molecule has 1 heterocycles. The zero-order valence-corrected chi connectivity index (χ0v) is 10.6. The largest absolute Gasteiger partial charge is 0.416 e. The van der Waals surface area contributed by atoms with Crippen LogP contribution in [0.25, 0.3) is 5.69 Å². The van der Waals surface area contributed by atoms with Crippen LogP contribution < -0.4 is 5.73 Å². The summed E-state index contributed by atoms with van der Waals surface area (Å²) < 4.78 is 39.8. The molecule has 0 fully saturated rings. The Bertz CT molecular complexity index is 585. The molecule has 3 nitrogen and oxygen atoms in total. The number of nitrogens with two attached hydrogens (primary N) is 1. The quantitative estimate of drug-likeness (QED) is 0.909. The molecular formula is C13H14F3N3. The van der Waals surface area contributed by atoms with Crippen molar-refractivity contribution >= 4 is 0 Å². The molecule has 0 amide bonds. The van der Waals surface area contributed by atoms with E-state index in [9.17, 15) is 13.2 Å². The van der Waals surface area contributed by atoms with E-state index in [4.69, 9.17) is 5.73 Å². The fourth-order valence-electron chi connectivity index (χ4n) is 1.89. The molecule has 2 aromatic rings. The Morgan fingerprint density at radius 2 is 2.00 bits per heavy atom. The zero-order valence-electron chi connectivity index (χ0n) is 10.6. The molecule has 2 rings (SSSR count). The van der Waals surface area contributed by atoms with Gasteiger partial charge < -0.3 is 10.3 Å². The lowest BCUT2D eigenvalue weighted by Crippen LogP contribution is -2.12. The van der Waals surface area contributed by atoms with Gasteiger partial charge in [0.15, 0.2) is 0 Å². The topological polar surface area (TPSA) is 43.8 Å². The Labute approximate surface area is 108 Å². The third-order valence-electron chi connectivity index (χ3n) is 2.93. The predicted molar refractivity (Wildman–Crippen MR) is 65.9 cm³/mol. The van der Waals surface area contributed by atoms with Crippen LogP contribution in [0.4, 0.5) is 13.2 Å². The van der Waals surface area contributed by atoms with Gasteiger partial charge in [-0.25, -0.2) is 4.98 Å². The molecule has 1 atom stereocenters. The number of hydrogen-bond acceptors (Lipinski definition) is 2. The summed E-state index contributed by atoms with van der Waals surface area (Å²) in [6.45, 7) is 3.51. The highest BCUT2D eigenvalue weighted by atomic mass is 19.4. The minimum absolute atomic E-state index is 0.309. The molecule has 6 heteroatoms. The van der Waals surface area contributed by atoms with Crippen molar-refractivity contribution in [1.82, 2.24) is 9.55 Å². The number of rotatable bonds is 2. The first-order chi connectivity index (χ1) is 8.80. The van der Waals surface area contributed by atoms with Crippen molar-refractivity contribution in [3.8, 4) is 5.69 Å². The van der Waals surface area contributed by atoms with Crippen LogP contribution in [0.3, 0.4) is 0 Å². The van der Waals surface area contributed by atoms with E-state index < -0.39 is 11.7 Å². The summed E-state index contributed by atoms with van der Waals surface area (Å²) in [7, 11) is 0. The first kappa shape index (κ1) is 13.6. The maximum atomic E-state index is 12.8. The highest BCUT2D eigenvalue weighted by Gasteiger charge is 2.31. The van der Waals surface area contributed by atoms with Gasteiger partial charge in [0.25, 0.3) is 0 Å². The Balaban J connectivity index is 2.58. The number of nitrogens with zero attached hydrogens (tertiary/aromatic N) is 2. The molecule has 0 spiro atoms. The Morgan fingerprint density at radius 3 is 2.58 bits per heavy atom. The Morgan fingerprint density at radius 1 is 1.32 bits per heavy atom. The van der Waals surface area contributed by atoms with E-state index in [1.165, 1.54) is 12.4 Å². The molecule has 0 aliphatic rings. The van der Waals surface area contributed by atoms with Gasteiger partial charge in [0, 0.05) is 6.04 Å². The molecule has 19 heavy (non-hydrogen) atoms. The highest BCUT2D eigenvalue weighted by molar-refractivity contribution is 5.45. The number of aromatic nitrogens is 2. The van der Waals surface area contributed by atoms with Gasteiger partial charge in [-0.15, -0.1) is 0 Å². The molecule has 0 saturated carbocycles. The molecule has 0 unspecified atom stereocenters. The van der Waals surface area contributed by atoms with E-state index in [-0.39, 0.29) is 6.04 Å². The normalized spacial score (nSPS) is 13.6. The maximum absolute atomic E-state index is 12.8. The minimum Gasteiger partial charge on any atom is -0.323 e. The van der Waals surface area contributed by atoms with Crippen molar-refractivity contribution in [2.24, 2.45) is 5.73 Å². The van der Waals surface area contributed by atoms with Gasteiger partial charge in [-0.2, -0.15) is 13.2 Å². The number of halogens is 3. The minimum atomic E-state index is -4.36. The summed E-state index contributed by atoms with van der Waals surface area (Å²) in [6.07, 6.45) is -1.33. The van der Waals surface area contributed by atoms with Gasteiger partial charge in [0.2, 0.25) is 0 Å². The molecule has 2 N–H and O–H groups in total. The Kier molecular flexibility index (Phi) is 3.36. The van der Waals surface area contributed by atoms with Crippen LogP contribution in [0.15, 0.2) is 30.7 Å². The highest BCUT2D eigenvalue weighted by Crippen LogP contribution is 2.32. The van der Waals surface area contributed by atoms with Crippen molar-refractivity contribution in [2.45, 2.75) is 26.1 Å². The fraction of sp³-hybridized carbons (Fsp3) is 0.308. The molecule has 0 bridgehead atoms. The number of hydrogen-bond donors (Lipinski definition) is 1. The van der Waals surface area contributed by atoms with Crippen molar-refractivity contribution in [3.05, 3.63) is 47.5 Å². The van der Waals surface area contributed by atoms with Crippen LogP contribution in [0.5, 0.6) is 0 Å². The third-order valence-corrected chi connectivity index (χ3v) is 2.93. The molecular weight excluding hydrogens is 255 g/mol. The van der Waals surface area contributed by atoms with Crippen molar-refractivity contribution in [2.75, 3.05) is 0 Å². The van der Waals surface area contributed by atoms with Crippen LogP contribution in [-0.4, -0.2) is 9.55 Å². The monoisotopic (exact) mass is 269 g/mol. The predicted octanol–water partition coefficient (Wildman–Crippen LogP) is 3.22. The van der Waals surface area contributed by atoms with Crippen molar-refractivity contribution in [3.63, 3.8) is 0 Å². The summed E-state index contributed by atoms with van der Waals surface area (Å²) in [5.74, 6) is 0. The number of benzene rings is 1. The second kappa shape index (κ2) is 4.70. The number of alkyl halides is 3. The summed E-state index contributed by atoms with van der Waals surface area (Å²) >= 11 is 0. The molecule has 0 aliphatic carbocycles. The van der Waals surface area contributed by atoms with E-state index in [0.717, 1.165) is 17.7 Å². The van der Waals surface area contributed by atoms with E-state index in [1.54, 1.807) is 24.6 Å². The summed E-state index contributed by atoms with van der Waals surface area (Å²) in [6, 6.07) is 3.32. The zero-order chi connectivity index (χ0) is 14.2. The van der Waals surface area contributed by atoms with Gasteiger partial charge in [-0.3, -0.25) is 0 Å².